The van der Waals surface area contributed by atoms with Gasteiger partial charge in [-0.15, -0.1) is 0 Å². The first-order chi connectivity index (χ1) is 17.2. The van der Waals surface area contributed by atoms with Gasteiger partial charge in [0.2, 0.25) is 0 Å². The van der Waals surface area contributed by atoms with Gasteiger partial charge >= 0.3 is 0 Å². The third-order valence-corrected chi connectivity index (χ3v) is 6.58. The van der Waals surface area contributed by atoms with Gasteiger partial charge in [-0.25, -0.2) is 9.97 Å². The van der Waals surface area contributed by atoms with Crippen LogP contribution in [-0.2, 0) is 17.0 Å². The fourth-order valence-electron chi connectivity index (χ4n) is 3.82. The van der Waals surface area contributed by atoms with Gasteiger partial charge in [-0.2, -0.15) is 0 Å². The molecule has 4 aromatic rings. The molecule has 8 heteroatoms. The molecule has 0 atom stereocenters. The number of morpholine rings is 1. The number of furan rings is 1. The summed E-state index contributed by atoms with van der Waals surface area (Å²) < 4.78 is 10.8. The zero-order valence-corrected chi connectivity index (χ0v) is 20.0. The summed E-state index contributed by atoms with van der Waals surface area (Å²) in [5, 5.41) is 3.60. The van der Waals surface area contributed by atoms with E-state index >= 15 is 0 Å². The highest BCUT2D eigenvalue weighted by Gasteiger charge is 2.16. The molecular formula is C27H26N4O3S. The molecule has 1 fully saturated rings. The second-order valence-corrected chi connectivity index (χ2v) is 9.05. The summed E-state index contributed by atoms with van der Waals surface area (Å²) in [5.41, 5.74) is 3.60. The first kappa shape index (κ1) is 23.1. The lowest BCUT2D eigenvalue weighted by atomic mass is 10.1. The number of thioether (sulfide) groups is 1. The number of ether oxygens (including phenoxy) is 1. The Kier molecular flexibility index (Phi) is 7.41. The monoisotopic (exact) mass is 486 g/mol. The Morgan fingerprint density at radius 1 is 0.971 bits per heavy atom. The highest BCUT2D eigenvalue weighted by molar-refractivity contribution is 7.98. The zero-order chi connectivity index (χ0) is 23.9. The minimum absolute atomic E-state index is 0.134. The normalized spacial score (nSPS) is 13.5. The largest absolute Gasteiger partial charge is 0.467 e. The van der Waals surface area contributed by atoms with Crippen molar-refractivity contribution in [2.24, 2.45) is 0 Å². The van der Waals surface area contributed by atoms with Crippen molar-refractivity contribution < 1.29 is 13.9 Å². The van der Waals surface area contributed by atoms with Gasteiger partial charge in [0, 0.05) is 36.0 Å². The molecule has 0 aliphatic carbocycles. The van der Waals surface area contributed by atoms with Crippen LogP contribution in [0.3, 0.4) is 0 Å². The predicted molar refractivity (Wildman–Crippen MR) is 136 cm³/mol. The van der Waals surface area contributed by atoms with Crippen molar-refractivity contribution in [3.63, 3.8) is 0 Å². The van der Waals surface area contributed by atoms with Gasteiger partial charge in [-0.1, -0.05) is 54.2 Å². The summed E-state index contributed by atoms with van der Waals surface area (Å²) in [7, 11) is 0. The third-order valence-electron chi connectivity index (χ3n) is 5.66. The molecule has 1 aliphatic rings. The molecular weight excluding hydrogens is 460 g/mol. The Labute approximate surface area is 208 Å². The highest BCUT2D eigenvalue weighted by atomic mass is 32.2. The number of carbonyl (C=O) groups excluding carboxylic acids is 1. The van der Waals surface area contributed by atoms with Crippen molar-refractivity contribution in [3.8, 4) is 11.3 Å². The van der Waals surface area contributed by atoms with E-state index in [2.05, 4.69) is 28.4 Å². The van der Waals surface area contributed by atoms with Gasteiger partial charge in [-0.05, 0) is 29.8 Å². The van der Waals surface area contributed by atoms with Crippen molar-refractivity contribution >= 4 is 23.5 Å². The first-order valence-electron chi connectivity index (χ1n) is 11.5. The van der Waals surface area contributed by atoms with Gasteiger partial charge in [0.25, 0.3) is 5.91 Å². The van der Waals surface area contributed by atoms with E-state index in [1.54, 1.807) is 24.1 Å². The number of rotatable bonds is 8. The van der Waals surface area contributed by atoms with E-state index in [-0.39, 0.29) is 5.91 Å². The number of aromatic nitrogens is 2. The third kappa shape index (κ3) is 6.09. The summed E-state index contributed by atoms with van der Waals surface area (Å²) in [4.78, 5) is 24.5. The van der Waals surface area contributed by atoms with Crippen molar-refractivity contribution in [2.45, 2.75) is 17.5 Å². The maximum absolute atomic E-state index is 12.6. The lowest BCUT2D eigenvalue weighted by Crippen LogP contribution is -2.36. The predicted octanol–water partition coefficient (Wildman–Crippen LogP) is 4.80. The van der Waals surface area contributed by atoms with Crippen LogP contribution in [0, 0.1) is 0 Å². The summed E-state index contributed by atoms with van der Waals surface area (Å²) in [6.45, 7) is 3.37. The molecule has 178 valence electrons. The molecule has 5 rings (SSSR count). The van der Waals surface area contributed by atoms with E-state index in [9.17, 15) is 4.79 Å². The zero-order valence-electron chi connectivity index (χ0n) is 19.2. The number of nitrogens with zero attached hydrogens (tertiary/aromatic N) is 3. The van der Waals surface area contributed by atoms with E-state index in [0.717, 1.165) is 41.5 Å². The average Bonchev–Trinajstić information content (AvgIpc) is 3.45. The number of hydrogen-bond donors (Lipinski definition) is 1. The van der Waals surface area contributed by atoms with E-state index in [1.807, 2.05) is 48.5 Å². The highest BCUT2D eigenvalue weighted by Crippen LogP contribution is 2.28. The topological polar surface area (TPSA) is 80.5 Å². The van der Waals surface area contributed by atoms with Gasteiger partial charge in [0.1, 0.15) is 11.6 Å². The van der Waals surface area contributed by atoms with E-state index in [4.69, 9.17) is 19.1 Å². The van der Waals surface area contributed by atoms with Crippen LogP contribution < -0.4 is 10.2 Å². The molecule has 1 N–H and O–H groups in total. The van der Waals surface area contributed by atoms with Crippen LogP contribution >= 0.6 is 11.8 Å². The second-order valence-electron chi connectivity index (χ2n) is 8.11. The molecule has 3 heterocycles. The summed E-state index contributed by atoms with van der Waals surface area (Å²) in [6.07, 6.45) is 1.60. The SMILES string of the molecule is O=C(NCc1ccco1)c1cccc(CSc2nc(-c3ccccc3)cc(N3CCOCC3)n2)c1. The molecule has 1 saturated heterocycles. The molecule has 35 heavy (non-hydrogen) atoms. The Morgan fingerprint density at radius 3 is 2.63 bits per heavy atom. The lowest BCUT2D eigenvalue weighted by molar-refractivity contribution is 0.0948. The molecule has 1 amide bonds. The second kappa shape index (κ2) is 11.2. The first-order valence-corrected chi connectivity index (χ1v) is 12.5. The molecule has 2 aromatic heterocycles. The van der Waals surface area contributed by atoms with E-state index in [1.165, 1.54) is 0 Å². The minimum atomic E-state index is -0.134. The number of nitrogens with one attached hydrogen (secondary N) is 1. The van der Waals surface area contributed by atoms with Crippen LogP contribution in [0.25, 0.3) is 11.3 Å². The van der Waals surface area contributed by atoms with E-state index in [0.29, 0.717) is 36.2 Å². The fourth-order valence-corrected chi connectivity index (χ4v) is 4.62. The number of hydrogen-bond acceptors (Lipinski definition) is 7. The Morgan fingerprint density at radius 2 is 1.83 bits per heavy atom. The van der Waals surface area contributed by atoms with Crippen LogP contribution in [-0.4, -0.2) is 42.2 Å². The number of carbonyl (C=O) groups is 1. The van der Waals surface area contributed by atoms with Crippen LogP contribution in [0.2, 0.25) is 0 Å². The smallest absolute Gasteiger partial charge is 0.251 e. The Hall–Kier alpha value is -3.62. The lowest BCUT2D eigenvalue weighted by Gasteiger charge is -2.28. The van der Waals surface area contributed by atoms with E-state index < -0.39 is 0 Å². The summed E-state index contributed by atoms with van der Waals surface area (Å²) in [6, 6.07) is 23.5. The van der Waals surface area contributed by atoms with Crippen LogP contribution in [0.15, 0.2) is 88.6 Å². The summed E-state index contributed by atoms with van der Waals surface area (Å²) in [5.74, 6) is 2.15. The summed E-state index contributed by atoms with van der Waals surface area (Å²) >= 11 is 1.57. The van der Waals surface area contributed by atoms with Gasteiger partial charge in [-0.3, -0.25) is 4.79 Å². The molecule has 2 aromatic carbocycles. The van der Waals surface area contributed by atoms with Crippen molar-refractivity contribution in [3.05, 3.63) is 95.9 Å². The number of amides is 1. The molecule has 0 spiro atoms. The standard InChI is InChI=1S/C27H26N4O3S/c32-26(28-18-23-10-5-13-34-23)22-9-4-6-20(16-22)19-35-27-29-24(21-7-2-1-3-8-21)17-25(30-27)31-11-14-33-15-12-31/h1-10,13,16-17H,11-12,14-15,18-19H2,(H,28,32). The van der Waals surface area contributed by atoms with Crippen molar-refractivity contribution in [2.75, 3.05) is 31.2 Å². The number of benzene rings is 2. The number of anilines is 1. The average molecular weight is 487 g/mol. The van der Waals surface area contributed by atoms with Crippen LogP contribution in [0.4, 0.5) is 5.82 Å². The molecule has 0 saturated carbocycles. The van der Waals surface area contributed by atoms with Gasteiger partial charge in [0.15, 0.2) is 5.16 Å². The molecule has 0 bridgehead atoms. The van der Waals surface area contributed by atoms with Gasteiger partial charge in [0.05, 0.1) is 31.7 Å². The molecule has 0 radical (unpaired) electrons. The maximum Gasteiger partial charge on any atom is 0.251 e. The Balaban J connectivity index is 1.31. The fraction of sp³-hybridized carbons (Fsp3) is 0.222. The molecule has 1 aliphatic heterocycles. The maximum atomic E-state index is 12.6. The Bertz CT molecular complexity index is 1260. The van der Waals surface area contributed by atoms with Crippen molar-refractivity contribution in [1.82, 2.24) is 15.3 Å². The molecule has 0 unspecified atom stereocenters. The molecule has 7 nitrogen and oxygen atoms in total. The minimum Gasteiger partial charge on any atom is -0.467 e. The quantitative estimate of drug-likeness (QED) is 0.283. The van der Waals surface area contributed by atoms with Gasteiger partial charge < -0.3 is 19.4 Å². The van der Waals surface area contributed by atoms with Crippen LogP contribution in [0.5, 0.6) is 0 Å². The van der Waals surface area contributed by atoms with Crippen LogP contribution in [0.1, 0.15) is 21.7 Å². The van der Waals surface area contributed by atoms with Crippen molar-refractivity contribution in [1.29, 1.82) is 0 Å².